The normalized spacial score (nSPS) is 9.66. The molecule has 0 radical (unpaired) electrons. The van der Waals surface area contributed by atoms with Crippen LogP contribution in [0, 0.1) is 23.7 Å². The highest BCUT2D eigenvalue weighted by Crippen LogP contribution is 2.27. The van der Waals surface area contributed by atoms with Crippen LogP contribution in [-0.4, -0.2) is 0 Å². The molecule has 0 nitrogen and oxygen atoms in total. The molecule has 0 N–H and O–H groups in total. The van der Waals surface area contributed by atoms with Gasteiger partial charge in [-0.25, -0.2) is 0 Å². The average molecular weight is 387 g/mol. The van der Waals surface area contributed by atoms with Crippen molar-refractivity contribution in [3.63, 3.8) is 0 Å². The minimum Gasteiger partial charge on any atom is -0.0901 e. The molecule has 0 aliphatic carbocycles. The third-order valence-electron chi connectivity index (χ3n) is 4.19. The van der Waals surface area contributed by atoms with Crippen molar-refractivity contribution in [3.05, 3.63) is 131 Å². The third-order valence-corrected chi connectivity index (χ3v) is 5.21. The molecule has 1 heteroatoms. The van der Waals surface area contributed by atoms with Crippen LogP contribution in [0.4, 0.5) is 0 Å². The number of hydrogen-bond donors (Lipinski definition) is 0. The lowest BCUT2D eigenvalue weighted by molar-refractivity contribution is 1.39. The van der Waals surface area contributed by atoms with Gasteiger partial charge in [0.25, 0.3) is 0 Å². The molecular weight excluding hydrogens is 368 g/mol. The molecule has 0 saturated heterocycles. The molecule has 0 aliphatic rings. The summed E-state index contributed by atoms with van der Waals surface area (Å²) in [6.45, 7) is 0. The van der Waals surface area contributed by atoms with E-state index in [1.807, 2.05) is 60.7 Å². The lowest BCUT2D eigenvalue weighted by Crippen LogP contribution is -1.79. The minimum atomic E-state index is 1.02. The van der Waals surface area contributed by atoms with Crippen molar-refractivity contribution in [2.45, 2.75) is 9.79 Å². The van der Waals surface area contributed by atoms with Gasteiger partial charge in [-0.3, -0.25) is 0 Å². The molecule has 4 rings (SSSR count). The van der Waals surface area contributed by atoms with E-state index in [4.69, 9.17) is 0 Å². The Morgan fingerprint density at radius 2 is 0.655 bits per heavy atom. The topological polar surface area (TPSA) is 0 Å². The van der Waals surface area contributed by atoms with E-state index in [9.17, 15) is 0 Å². The largest absolute Gasteiger partial charge is 0.0901 e. The van der Waals surface area contributed by atoms with Crippen molar-refractivity contribution in [3.8, 4) is 23.7 Å². The summed E-state index contributed by atoms with van der Waals surface area (Å²) in [5.41, 5.74) is 4.09. The first-order valence-electron chi connectivity index (χ1n) is 9.37. The van der Waals surface area contributed by atoms with Gasteiger partial charge in [0.15, 0.2) is 0 Å². The molecule has 0 saturated carbocycles. The molecule has 0 amide bonds. The Bertz CT molecular complexity index is 1080. The van der Waals surface area contributed by atoms with Crippen LogP contribution in [0.1, 0.15) is 22.3 Å². The molecule has 0 bridgehead atoms. The average Bonchev–Trinajstić information content (AvgIpc) is 2.80. The van der Waals surface area contributed by atoms with E-state index in [2.05, 4.69) is 72.2 Å². The zero-order valence-corrected chi connectivity index (χ0v) is 16.6. The summed E-state index contributed by atoms with van der Waals surface area (Å²) in [6, 6.07) is 36.8. The quantitative estimate of drug-likeness (QED) is 0.348. The summed E-state index contributed by atoms with van der Waals surface area (Å²) in [7, 11) is 0. The van der Waals surface area contributed by atoms with Crippen molar-refractivity contribution >= 4 is 11.8 Å². The number of hydrogen-bond acceptors (Lipinski definition) is 1. The van der Waals surface area contributed by atoms with Crippen LogP contribution in [0.15, 0.2) is 119 Å². The zero-order chi connectivity index (χ0) is 19.7. The van der Waals surface area contributed by atoms with Crippen molar-refractivity contribution < 1.29 is 0 Å². The second-order valence-electron chi connectivity index (χ2n) is 6.38. The molecule has 0 spiro atoms. The molecule has 4 aromatic rings. The molecule has 0 fully saturated rings. The maximum atomic E-state index is 3.21. The minimum absolute atomic E-state index is 1.02. The highest BCUT2D eigenvalue weighted by atomic mass is 32.2. The molecule has 136 valence electrons. The van der Waals surface area contributed by atoms with E-state index in [1.54, 1.807) is 11.8 Å². The molecule has 29 heavy (non-hydrogen) atoms. The summed E-state index contributed by atoms with van der Waals surface area (Å²) < 4.78 is 0. The summed E-state index contributed by atoms with van der Waals surface area (Å²) in [6.07, 6.45) is 0. The lowest BCUT2D eigenvalue weighted by Gasteiger charge is -2.02. The van der Waals surface area contributed by atoms with Gasteiger partial charge in [-0.1, -0.05) is 71.8 Å². The van der Waals surface area contributed by atoms with E-state index >= 15 is 0 Å². The van der Waals surface area contributed by atoms with Crippen molar-refractivity contribution in [1.29, 1.82) is 0 Å². The van der Waals surface area contributed by atoms with Crippen LogP contribution < -0.4 is 0 Å². The van der Waals surface area contributed by atoms with Crippen LogP contribution in [0.25, 0.3) is 0 Å². The maximum Gasteiger partial charge on any atom is 0.0249 e. The molecule has 0 heterocycles. The van der Waals surface area contributed by atoms with Crippen LogP contribution >= 0.6 is 11.8 Å². The lowest BCUT2D eigenvalue weighted by atomic mass is 10.2. The fourth-order valence-corrected chi connectivity index (χ4v) is 3.50. The Labute approximate surface area is 176 Å². The predicted molar refractivity (Wildman–Crippen MR) is 122 cm³/mol. The molecule has 4 aromatic carbocycles. The van der Waals surface area contributed by atoms with Gasteiger partial charge in [-0.05, 0) is 72.8 Å². The van der Waals surface area contributed by atoms with Crippen molar-refractivity contribution in [2.75, 3.05) is 0 Å². The predicted octanol–water partition coefficient (Wildman–Crippen LogP) is 6.64. The molecule has 0 aromatic heterocycles. The molecule has 0 aliphatic heterocycles. The fraction of sp³-hybridized carbons (Fsp3) is 0. The van der Waals surface area contributed by atoms with Crippen molar-refractivity contribution in [1.82, 2.24) is 0 Å². The number of benzene rings is 4. The Hall–Kier alpha value is -3.65. The van der Waals surface area contributed by atoms with Crippen LogP contribution in [0.2, 0.25) is 0 Å². The first kappa shape index (κ1) is 18.7. The van der Waals surface area contributed by atoms with Gasteiger partial charge in [0.05, 0.1) is 0 Å². The summed E-state index contributed by atoms with van der Waals surface area (Å²) in [4.78, 5) is 2.39. The summed E-state index contributed by atoms with van der Waals surface area (Å²) >= 11 is 1.74. The van der Waals surface area contributed by atoms with E-state index in [0.717, 1.165) is 22.3 Å². The Kier molecular flexibility index (Phi) is 6.14. The highest BCUT2D eigenvalue weighted by Gasteiger charge is 1.98. The summed E-state index contributed by atoms with van der Waals surface area (Å²) in [5.74, 6) is 12.8. The monoisotopic (exact) mass is 386 g/mol. The van der Waals surface area contributed by atoms with E-state index < -0.39 is 0 Å². The zero-order valence-electron chi connectivity index (χ0n) is 15.8. The maximum absolute atomic E-state index is 3.21. The molecular formula is C28H18S. The van der Waals surface area contributed by atoms with Gasteiger partial charge >= 0.3 is 0 Å². The Balaban J connectivity index is 1.39. The van der Waals surface area contributed by atoms with Gasteiger partial charge < -0.3 is 0 Å². The second kappa shape index (κ2) is 9.52. The number of rotatable bonds is 2. The SMILES string of the molecule is C(#Cc1ccc(Sc2ccc(C#Cc3ccccc3)cc2)cc1)c1ccccc1. The Morgan fingerprint density at radius 3 is 1.00 bits per heavy atom. The highest BCUT2D eigenvalue weighted by molar-refractivity contribution is 7.99. The second-order valence-corrected chi connectivity index (χ2v) is 7.53. The van der Waals surface area contributed by atoms with Gasteiger partial charge in [-0.15, -0.1) is 0 Å². The van der Waals surface area contributed by atoms with Gasteiger partial charge in [0.1, 0.15) is 0 Å². The third kappa shape index (κ3) is 5.66. The smallest absolute Gasteiger partial charge is 0.0249 e. The van der Waals surface area contributed by atoms with Gasteiger partial charge in [-0.2, -0.15) is 0 Å². The molecule has 0 unspecified atom stereocenters. The van der Waals surface area contributed by atoms with E-state index in [1.165, 1.54) is 9.79 Å². The van der Waals surface area contributed by atoms with Gasteiger partial charge in [0, 0.05) is 32.0 Å². The van der Waals surface area contributed by atoms with Gasteiger partial charge in [0.2, 0.25) is 0 Å². The molecule has 0 atom stereocenters. The summed E-state index contributed by atoms with van der Waals surface area (Å²) in [5, 5.41) is 0. The van der Waals surface area contributed by atoms with E-state index in [0.29, 0.717) is 0 Å². The Morgan fingerprint density at radius 1 is 0.345 bits per heavy atom. The first-order valence-corrected chi connectivity index (χ1v) is 10.2. The standard InChI is InChI=1S/C28H18S/c1-3-7-23(8-4-1)11-13-25-15-19-27(20-16-25)29-28-21-17-26(18-22-28)14-12-24-9-5-2-6-10-24/h1-10,15-22H. The van der Waals surface area contributed by atoms with Crippen LogP contribution in [0.5, 0.6) is 0 Å². The van der Waals surface area contributed by atoms with Crippen LogP contribution in [0.3, 0.4) is 0 Å². The van der Waals surface area contributed by atoms with Crippen molar-refractivity contribution in [2.24, 2.45) is 0 Å². The van der Waals surface area contributed by atoms with Crippen LogP contribution in [-0.2, 0) is 0 Å². The van der Waals surface area contributed by atoms with E-state index in [-0.39, 0.29) is 0 Å². The fourth-order valence-electron chi connectivity index (χ4n) is 2.68. The first-order chi connectivity index (χ1) is 14.3.